The van der Waals surface area contributed by atoms with Gasteiger partial charge >= 0.3 is 0 Å². The molecule has 1 saturated carbocycles. The van der Waals surface area contributed by atoms with Crippen LogP contribution in [-0.4, -0.2) is 25.0 Å². The lowest BCUT2D eigenvalue weighted by Crippen LogP contribution is -2.24. The summed E-state index contributed by atoms with van der Waals surface area (Å²) in [7, 11) is 2.19. The topological polar surface area (TPSA) is 3.24 Å². The molecule has 0 unspecified atom stereocenters. The van der Waals surface area contributed by atoms with E-state index in [0.29, 0.717) is 0 Å². The van der Waals surface area contributed by atoms with E-state index >= 15 is 0 Å². The van der Waals surface area contributed by atoms with Crippen LogP contribution >= 0.6 is 0 Å². The SMILES string of the molecule is CC(C)C1CCCCC1.CN1CCCCC1. The molecule has 0 aromatic heterocycles. The Morgan fingerprint density at radius 3 is 1.62 bits per heavy atom. The Hall–Kier alpha value is -0.0400. The second-order valence-electron chi connectivity index (χ2n) is 6.01. The molecule has 16 heavy (non-hydrogen) atoms. The highest BCUT2D eigenvalue weighted by atomic mass is 15.1. The van der Waals surface area contributed by atoms with Crippen LogP contribution in [0.1, 0.15) is 65.2 Å². The number of likely N-dealkylation sites (tertiary alicyclic amines) is 1. The fourth-order valence-corrected chi connectivity index (χ4v) is 2.85. The first kappa shape index (κ1) is 14.0. The molecule has 1 nitrogen and oxygen atoms in total. The Morgan fingerprint density at radius 1 is 0.812 bits per heavy atom. The molecular formula is C15H31N. The molecule has 1 saturated heterocycles. The Morgan fingerprint density at radius 2 is 1.31 bits per heavy atom. The predicted octanol–water partition coefficient (Wildman–Crippen LogP) is 4.32. The van der Waals surface area contributed by atoms with Crippen LogP contribution in [0.25, 0.3) is 0 Å². The third-order valence-corrected chi connectivity index (χ3v) is 4.17. The van der Waals surface area contributed by atoms with Crippen LogP contribution in [0.5, 0.6) is 0 Å². The average Bonchev–Trinajstić information content (AvgIpc) is 2.32. The van der Waals surface area contributed by atoms with Gasteiger partial charge in [0, 0.05) is 0 Å². The summed E-state index contributed by atoms with van der Waals surface area (Å²) in [5.41, 5.74) is 0. The van der Waals surface area contributed by atoms with Crippen molar-refractivity contribution in [2.75, 3.05) is 20.1 Å². The smallest absolute Gasteiger partial charge is 0.00218 e. The molecule has 0 spiro atoms. The summed E-state index contributed by atoms with van der Waals surface area (Å²) in [5, 5.41) is 0. The fourth-order valence-electron chi connectivity index (χ4n) is 2.85. The highest BCUT2D eigenvalue weighted by Gasteiger charge is 2.15. The molecule has 0 atom stereocenters. The first-order valence-corrected chi connectivity index (χ1v) is 7.38. The van der Waals surface area contributed by atoms with Crippen molar-refractivity contribution in [3.63, 3.8) is 0 Å². The van der Waals surface area contributed by atoms with Gasteiger partial charge in [0.2, 0.25) is 0 Å². The monoisotopic (exact) mass is 225 g/mol. The minimum atomic E-state index is 0.935. The molecule has 0 aromatic carbocycles. The second-order valence-corrected chi connectivity index (χ2v) is 6.01. The van der Waals surface area contributed by atoms with Crippen LogP contribution in [0.4, 0.5) is 0 Å². The number of hydrogen-bond donors (Lipinski definition) is 0. The van der Waals surface area contributed by atoms with Crippen molar-refractivity contribution in [1.82, 2.24) is 4.90 Å². The molecule has 2 fully saturated rings. The molecule has 2 aliphatic rings. The molecule has 1 aliphatic heterocycles. The van der Waals surface area contributed by atoms with E-state index < -0.39 is 0 Å². The van der Waals surface area contributed by atoms with Crippen LogP contribution in [0, 0.1) is 11.8 Å². The van der Waals surface area contributed by atoms with E-state index in [0.717, 1.165) is 11.8 Å². The Kier molecular flexibility index (Phi) is 7.11. The molecule has 0 N–H and O–H groups in total. The third-order valence-electron chi connectivity index (χ3n) is 4.17. The normalized spacial score (nSPS) is 24.0. The molecule has 1 heteroatoms. The lowest BCUT2D eigenvalue weighted by atomic mass is 9.82. The molecule has 1 aliphatic carbocycles. The van der Waals surface area contributed by atoms with E-state index in [1.807, 2.05) is 0 Å². The van der Waals surface area contributed by atoms with Crippen LogP contribution in [0.15, 0.2) is 0 Å². The van der Waals surface area contributed by atoms with Gasteiger partial charge < -0.3 is 4.90 Å². The second kappa shape index (κ2) is 8.11. The highest BCUT2D eigenvalue weighted by molar-refractivity contribution is 4.67. The molecule has 2 rings (SSSR count). The van der Waals surface area contributed by atoms with Gasteiger partial charge in [-0.05, 0) is 44.8 Å². The Balaban J connectivity index is 0.000000165. The summed E-state index contributed by atoms with van der Waals surface area (Å²) in [6, 6.07) is 0. The minimum absolute atomic E-state index is 0.935. The van der Waals surface area contributed by atoms with Crippen LogP contribution in [-0.2, 0) is 0 Å². The fraction of sp³-hybridized carbons (Fsp3) is 1.00. The lowest BCUT2D eigenvalue weighted by molar-refractivity contribution is 0.277. The summed E-state index contributed by atoms with van der Waals surface area (Å²) in [6.45, 7) is 7.35. The molecule has 0 aromatic rings. The molecule has 96 valence electrons. The molecular weight excluding hydrogens is 194 g/mol. The zero-order valence-electron chi connectivity index (χ0n) is 11.7. The summed E-state index contributed by atoms with van der Waals surface area (Å²) in [4.78, 5) is 2.39. The van der Waals surface area contributed by atoms with Crippen LogP contribution in [0.3, 0.4) is 0 Å². The van der Waals surface area contributed by atoms with Gasteiger partial charge in [0.25, 0.3) is 0 Å². The summed E-state index contributed by atoms with van der Waals surface area (Å²) in [6.07, 6.45) is 11.7. The molecule has 0 bridgehead atoms. The van der Waals surface area contributed by atoms with Crippen molar-refractivity contribution >= 4 is 0 Å². The summed E-state index contributed by atoms with van der Waals surface area (Å²) in [5.74, 6) is 1.99. The average molecular weight is 225 g/mol. The number of rotatable bonds is 1. The van der Waals surface area contributed by atoms with Gasteiger partial charge in [-0.15, -0.1) is 0 Å². The molecule has 1 heterocycles. The number of nitrogens with zero attached hydrogens (tertiary/aromatic N) is 1. The first-order valence-electron chi connectivity index (χ1n) is 7.38. The quantitative estimate of drug-likeness (QED) is 0.642. The van der Waals surface area contributed by atoms with Crippen molar-refractivity contribution in [2.24, 2.45) is 11.8 Å². The Labute approximate surface area is 103 Å². The van der Waals surface area contributed by atoms with E-state index in [4.69, 9.17) is 0 Å². The van der Waals surface area contributed by atoms with Gasteiger partial charge in [-0.3, -0.25) is 0 Å². The van der Waals surface area contributed by atoms with E-state index in [9.17, 15) is 0 Å². The van der Waals surface area contributed by atoms with Crippen molar-refractivity contribution in [3.05, 3.63) is 0 Å². The van der Waals surface area contributed by atoms with Crippen molar-refractivity contribution < 1.29 is 0 Å². The standard InChI is InChI=1S/C9H18.C6H13N/c1-8(2)9-6-4-3-5-7-9;1-7-5-3-2-4-6-7/h8-9H,3-7H2,1-2H3;2-6H2,1H3. The van der Waals surface area contributed by atoms with E-state index in [-0.39, 0.29) is 0 Å². The maximum absolute atomic E-state index is 2.39. The first-order chi connectivity index (χ1) is 7.70. The van der Waals surface area contributed by atoms with E-state index in [1.54, 1.807) is 0 Å². The largest absolute Gasteiger partial charge is 0.306 e. The number of piperidine rings is 1. The third kappa shape index (κ3) is 5.89. The van der Waals surface area contributed by atoms with E-state index in [1.165, 1.54) is 64.5 Å². The zero-order valence-corrected chi connectivity index (χ0v) is 11.7. The lowest BCUT2D eigenvalue weighted by Gasteiger charge is -2.24. The summed E-state index contributed by atoms with van der Waals surface area (Å²) < 4.78 is 0. The number of hydrogen-bond acceptors (Lipinski definition) is 1. The highest BCUT2D eigenvalue weighted by Crippen LogP contribution is 2.29. The predicted molar refractivity (Wildman–Crippen MR) is 72.8 cm³/mol. The van der Waals surface area contributed by atoms with Gasteiger partial charge in [0.05, 0.1) is 0 Å². The van der Waals surface area contributed by atoms with Crippen molar-refractivity contribution in [1.29, 1.82) is 0 Å². The molecule has 0 amide bonds. The maximum Gasteiger partial charge on any atom is -0.00218 e. The van der Waals surface area contributed by atoms with Gasteiger partial charge in [-0.1, -0.05) is 52.4 Å². The van der Waals surface area contributed by atoms with Gasteiger partial charge in [-0.25, -0.2) is 0 Å². The minimum Gasteiger partial charge on any atom is -0.306 e. The Bertz CT molecular complexity index is 153. The van der Waals surface area contributed by atoms with Gasteiger partial charge in [0.15, 0.2) is 0 Å². The van der Waals surface area contributed by atoms with Crippen LogP contribution in [0.2, 0.25) is 0 Å². The zero-order chi connectivity index (χ0) is 11.8. The van der Waals surface area contributed by atoms with Gasteiger partial charge in [-0.2, -0.15) is 0 Å². The van der Waals surface area contributed by atoms with E-state index in [2.05, 4.69) is 25.8 Å². The van der Waals surface area contributed by atoms with Gasteiger partial charge in [0.1, 0.15) is 0 Å². The van der Waals surface area contributed by atoms with Crippen molar-refractivity contribution in [2.45, 2.75) is 65.2 Å². The maximum atomic E-state index is 2.39. The van der Waals surface area contributed by atoms with Crippen LogP contribution < -0.4 is 0 Å². The summed E-state index contributed by atoms with van der Waals surface area (Å²) >= 11 is 0. The molecule has 0 radical (unpaired) electrons. The van der Waals surface area contributed by atoms with Crippen molar-refractivity contribution in [3.8, 4) is 0 Å².